The Hall–Kier alpha value is -4.80. The third kappa shape index (κ3) is 7.92. The summed E-state index contributed by atoms with van der Waals surface area (Å²) in [6.45, 7) is 10.8. The molecule has 10 nitrogen and oxygen atoms in total. The molecule has 5 rings (SSSR count). The minimum atomic E-state index is -1.09. The van der Waals surface area contributed by atoms with Gasteiger partial charge in [-0.25, -0.2) is 9.78 Å². The quantitative estimate of drug-likeness (QED) is 0.0794. The van der Waals surface area contributed by atoms with Gasteiger partial charge in [0.1, 0.15) is 11.4 Å². The fraction of sp³-hybridized carbons (Fsp3) is 0.297. The van der Waals surface area contributed by atoms with Crippen LogP contribution in [0.5, 0.6) is 5.75 Å². The number of aromatic nitrogens is 4. The Labute approximate surface area is 295 Å². The van der Waals surface area contributed by atoms with Crippen molar-refractivity contribution in [1.82, 2.24) is 24.5 Å². The maximum Gasteiger partial charge on any atom is 0.356 e. The second-order valence-corrected chi connectivity index (χ2v) is 13.0. The lowest BCUT2D eigenvalue weighted by molar-refractivity contribution is -0.109. The molecular weight excluding hydrogens is 663 g/mol. The van der Waals surface area contributed by atoms with Gasteiger partial charge in [0.2, 0.25) is 6.41 Å². The number of rotatable bonds is 14. The number of anilines is 1. The molecule has 0 bridgehead atoms. The van der Waals surface area contributed by atoms with Crippen LogP contribution < -0.4 is 15.4 Å². The zero-order valence-corrected chi connectivity index (χ0v) is 29.9. The molecule has 0 radical (unpaired) electrons. The standard InChI is InChI=1S/C37H40Cl2N6O4/c1-21-14-28(15-22(2)35(21)39)49-13-7-8-27(16-26-9-12-32-42-31(37(47)48)19-45(32)18-26)29-10-11-30(38)34(33-24(4)43-44(6)25(33)5)36(29)41-23(3)17-40-20-46/h9-12,14-16,18-20,23,41H,7-8,13,17H2,1-6H3,(H,40,46)(H,47,48)/b27-16+/t23-/m1/s1. The summed E-state index contributed by atoms with van der Waals surface area (Å²) in [6, 6.07) is 11.4. The minimum Gasteiger partial charge on any atom is -0.494 e. The van der Waals surface area contributed by atoms with E-state index in [0.29, 0.717) is 43.1 Å². The number of aromatic carboxylic acids is 1. The SMILES string of the molecule is Cc1cc(OCCC/C(=C\c2ccc3nc(C(=O)O)cn3c2)c2ccc(Cl)c(-c3c(C)nn(C)c3C)c2N[C@H](C)CNC=O)cc(C)c1Cl. The lowest BCUT2D eigenvalue weighted by atomic mass is 9.91. The van der Waals surface area contributed by atoms with Gasteiger partial charge < -0.3 is 24.9 Å². The third-order valence-corrected chi connectivity index (χ3v) is 9.37. The van der Waals surface area contributed by atoms with Crippen LogP contribution in [0, 0.1) is 27.7 Å². The highest BCUT2D eigenvalue weighted by Crippen LogP contribution is 2.44. The predicted molar refractivity (Wildman–Crippen MR) is 196 cm³/mol. The van der Waals surface area contributed by atoms with E-state index in [0.717, 1.165) is 66.8 Å². The molecule has 0 spiro atoms. The van der Waals surface area contributed by atoms with Gasteiger partial charge in [-0.2, -0.15) is 5.10 Å². The first-order valence-electron chi connectivity index (χ1n) is 16.0. The Morgan fingerprint density at radius 1 is 1.06 bits per heavy atom. The molecule has 256 valence electrons. The fourth-order valence-corrected chi connectivity index (χ4v) is 6.38. The van der Waals surface area contributed by atoms with Crippen LogP contribution in [0.3, 0.4) is 0 Å². The van der Waals surface area contributed by atoms with Crippen molar-refractivity contribution in [3.63, 3.8) is 0 Å². The van der Waals surface area contributed by atoms with E-state index in [4.69, 9.17) is 27.9 Å². The summed E-state index contributed by atoms with van der Waals surface area (Å²) < 4.78 is 9.74. The number of pyridine rings is 1. The maximum absolute atomic E-state index is 11.6. The van der Waals surface area contributed by atoms with E-state index < -0.39 is 5.97 Å². The summed E-state index contributed by atoms with van der Waals surface area (Å²) in [5.74, 6) is -0.323. The molecule has 1 amide bonds. The molecule has 0 aliphatic rings. The van der Waals surface area contributed by atoms with E-state index in [-0.39, 0.29) is 11.7 Å². The number of allylic oxidation sites excluding steroid dienone is 1. The van der Waals surface area contributed by atoms with Crippen LogP contribution in [0.2, 0.25) is 10.0 Å². The number of carbonyl (C=O) groups is 2. The smallest absolute Gasteiger partial charge is 0.356 e. The summed E-state index contributed by atoms with van der Waals surface area (Å²) >= 11 is 13.4. The average Bonchev–Trinajstić information content (AvgIpc) is 3.59. The summed E-state index contributed by atoms with van der Waals surface area (Å²) in [7, 11) is 1.91. The highest BCUT2D eigenvalue weighted by Gasteiger charge is 2.23. The summed E-state index contributed by atoms with van der Waals surface area (Å²) in [6.07, 6.45) is 7.46. The molecular formula is C37H40Cl2N6O4. The highest BCUT2D eigenvalue weighted by molar-refractivity contribution is 6.34. The van der Waals surface area contributed by atoms with Gasteiger partial charge in [0.15, 0.2) is 5.69 Å². The van der Waals surface area contributed by atoms with Gasteiger partial charge in [0, 0.05) is 59.4 Å². The zero-order valence-electron chi connectivity index (χ0n) is 28.4. The van der Waals surface area contributed by atoms with Crippen molar-refractivity contribution in [3.05, 3.63) is 98.2 Å². The Morgan fingerprint density at radius 2 is 1.80 bits per heavy atom. The molecule has 3 N–H and O–H groups in total. The van der Waals surface area contributed by atoms with Gasteiger partial charge in [-0.1, -0.05) is 29.3 Å². The first-order valence-corrected chi connectivity index (χ1v) is 16.7. The number of carboxylic acids is 1. The number of imidazole rings is 1. The number of halogens is 2. The van der Waals surface area contributed by atoms with Gasteiger partial charge >= 0.3 is 5.97 Å². The zero-order chi connectivity index (χ0) is 35.4. The van der Waals surface area contributed by atoms with Crippen LogP contribution in [0.1, 0.15) is 63.9 Å². The van der Waals surface area contributed by atoms with Crippen molar-refractivity contribution in [1.29, 1.82) is 0 Å². The van der Waals surface area contributed by atoms with E-state index in [2.05, 4.69) is 26.8 Å². The Balaban J connectivity index is 1.61. The number of nitrogens with zero attached hydrogens (tertiary/aromatic N) is 4. The second kappa shape index (κ2) is 15.2. The normalized spacial score (nSPS) is 12.3. The number of nitrogens with one attached hydrogen (secondary N) is 2. The average molecular weight is 704 g/mol. The molecule has 0 saturated carbocycles. The molecule has 49 heavy (non-hydrogen) atoms. The number of aryl methyl sites for hydroxylation is 4. The molecule has 0 aliphatic carbocycles. The van der Waals surface area contributed by atoms with Crippen molar-refractivity contribution >= 4 is 58.6 Å². The number of ether oxygens (including phenoxy) is 1. The molecule has 5 aromatic rings. The summed E-state index contributed by atoms with van der Waals surface area (Å²) in [5, 5.41) is 21.9. The fourth-order valence-electron chi connectivity index (χ4n) is 6.02. The number of carbonyl (C=O) groups excluding carboxylic acids is 1. The second-order valence-electron chi connectivity index (χ2n) is 12.2. The molecule has 1 atom stereocenters. The molecule has 0 unspecified atom stereocenters. The number of fused-ring (bicyclic) bond motifs is 1. The van der Waals surface area contributed by atoms with Crippen LogP contribution in [0.25, 0.3) is 28.4 Å². The van der Waals surface area contributed by atoms with Crippen LogP contribution in [-0.2, 0) is 11.8 Å². The molecule has 3 heterocycles. The predicted octanol–water partition coefficient (Wildman–Crippen LogP) is 7.92. The number of benzene rings is 2. The molecule has 3 aromatic heterocycles. The van der Waals surface area contributed by atoms with Crippen molar-refractivity contribution in [3.8, 4) is 16.9 Å². The van der Waals surface area contributed by atoms with Gasteiger partial charge in [-0.15, -0.1) is 0 Å². The van der Waals surface area contributed by atoms with Crippen LogP contribution in [-0.4, -0.2) is 55.8 Å². The van der Waals surface area contributed by atoms with Crippen molar-refractivity contribution in [2.24, 2.45) is 7.05 Å². The van der Waals surface area contributed by atoms with E-state index in [1.807, 2.05) is 82.9 Å². The van der Waals surface area contributed by atoms with Crippen molar-refractivity contribution in [2.45, 2.75) is 53.5 Å². The van der Waals surface area contributed by atoms with Gasteiger partial charge in [-0.05, 0) is 106 Å². The first-order chi connectivity index (χ1) is 23.4. The monoisotopic (exact) mass is 702 g/mol. The lowest BCUT2D eigenvalue weighted by Gasteiger charge is -2.24. The minimum absolute atomic E-state index is 0.0277. The molecule has 0 aliphatic heterocycles. The topological polar surface area (TPSA) is 123 Å². The Morgan fingerprint density at radius 3 is 2.45 bits per heavy atom. The van der Waals surface area contributed by atoms with E-state index in [9.17, 15) is 14.7 Å². The van der Waals surface area contributed by atoms with E-state index in [1.54, 1.807) is 10.5 Å². The molecule has 2 aromatic carbocycles. The van der Waals surface area contributed by atoms with Crippen LogP contribution in [0.4, 0.5) is 5.69 Å². The van der Waals surface area contributed by atoms with Crippen molar-refractivity contribution in [2.75, 3.05) is 18.5 Å². The maximum atomic E-state index is 11.6. The summed E-state index contributed by atoms with van der Waals surface area (Å²) in [5.41, 5.74) is 9.59. The van der Waals surface area contributed by atoms with Gasteiger partial charge in [0.25, 0.3) is 0 Å². The number of hydrogen-bond donors (Lipinski definition) is 3. The third-order valence-electron chi connectivity index (χ3n) is 8.46. The van der Waals surface area contributed by atoms with E-state index in [1.165, 1.54) is 6.20 Å². The number of amides is 1. The Bertz CT molecular complexity index is 2040. The van der Waals surface area contributed by atoms with Crippen LogP contribution in [0.15, 0.2) is 48.8 Å². The number of carboxylic acid groups (broad SMARTS) is 1. The Kier molecular flexibility index (Phi) is 11.0. The molecule has 0 fully saturated rings. The number of hydrogen-bond acceptors (Lipinski definition) is 6. The molecule has 0 saturated heterocycles. The van der Waals surface area contributed by atoms with Gasteiger partial charge in [-0.3, -0.25) is 9.48 Å². The lowest BCUT2D eigenvalue weighted by Crippen LogP contribution is -2.30. The van der Waals surface area contributed by atoms with Crippen LogP contribution >= 0.6 is 23.2 Å². The highest BCUT2D eigenvalue weighted by atomic mass is 35.5. The largest absolute Gasteiger partial charge is 0.494 e. The summed E-state index contributed by atoms with van der Waals surface area (Å²) in [4.78, 5) is 27.0. The molecule has 12 heteroatoms. The van der Waals surface area contributed by atoms with Crippen molar-refractivity contribution < 1.29 is 19.4 Å². The van der Waals surface area contributed by atoms with Gasteiger partial charge in [0.05, 0.1) is 23.0 Å². The van der Waals surface area contributed by atoms with E-state index >= 15 is 0 Å². The first kappa shape index (κ1) is 35.5.